The molecule has 0 fully saturated rings. The summed E-state index contributed by atoms with van der Waals surface area (Å²) in [5, 5.41) is 2.71. The summed E-state index contributed by atoms with van der Waals surface area (Å²) in [6.07, 6.45) is 0.601. The third kappa shape index (κ3) is 6.44. The van der Waals surface area contributed by atoms with Crippen molar-refractivity contribution in [3.8, 4) is 17.2 Å². The Morgan fingerprint density at radius 1 is 0.926 bits per heavy atom. The average molecular weight is 379 g/mol. The van der Waals surface area contributed by atoms with Crippen LogP contribution in [0, 0.1) is 11.6 Å². The summed E-state index contributed by atoms with van der Waals surface area (Å²) in [4.78, 5) is 11.8. The lowest BCUT2D eigenvalue weighted by molar-refractivity contribution is -0.123. The van der Waals surface area contributed by atoms with Crippen molar-refractivity contribution in [2.24, 2.45) is 0 Å². The van der Waals surface area contributed by atoms with Gasteiger partial charge in [0.1, 0.15) is 5.75 Å². The minimum Gasteiger partial charge on any atom is -0.490 e. The first-order valence-electron chi connectivity index (χ1n) is 8.76. The third-order valence-electron chi connectivity index (χ3n) is 3.60. The monoisotopic (exact) mass is 379 g/mol. The van der Waals surface area contributed by atoms with E-state index in [1.807, 2.05) is 32.0 Å². The van der Waals surface area contributed by atoms with Gasteiger partial charge in [0, 0.05) is 12.6 Å². The first-order valence-corrected chi connectivity index (χ1v) is 8.76. The lowest BCUT2D eigenvalue weighted by atomic mass is 10.1. The fourth-order valence-corrected chi connectivity index (χ4v) is 2.36. The molecule has 146 valence electrons. The van der Waals surface area contributed by atoms with Crippen LogP contribution in [0.15, 0.2) is 36.4 Å². The van der Waals surface area contributed by atoms with Gasteiger partial charge in [-0.25, -0.2) is 8.78 Å². The van der Waals surface area contributed by atoms with E-state index in [0.29, 0.717) is 37.7 Å². The maximum absolute atomic E-state index is 13.1. The predicted molar refractivity (Wildman–Crippen MR) is 97.3 cm³/mol. The zero-order valence-electron chi connectivity index (χ0n) is 15.4. The highest BCUT2D eigenvalue weighted by molar-refractivity contribution is 5.77. The maximum Gasteiger partial charge on any atom is 0.257 e. The predicted octanol–water partition coefficient (Wildman–Crippen LogP) is 3.50. The lowest BCUT2D eigenvalue weighted by Crippen LogP contribution is -2.30. The summed E-state index contributed by atoms with van der Waals surface area (Å²) in [5.74, 6) is -0.883. The van der Waals surface area contributed by atoms with Gasteiger partial charge in [-0.1, -0.05) is 6.07 Å². The van der Waals surface area contributed by atoms with E-state index >= 15 is 0 Å². The SMILES string of the molecule is CCOc1ccc(CCNC(=O)COc2ccc(F)c(F)c2)cc1OCC. The second kappa shape index (κ2) is 10.4. The summed E-state index contributed by atoms with van der Waals surface area (Å²) in [6.45, 7) is 5.00. The lowest BCUT2D eigenvalue weighted by Gasteiger charge is -2.13. The topological polar surface area (TPSA) is 56.8 Å². The number of hydrogen-bond acceptors (Lipinski definition) is 4. The van der Waals surface area contributed by atoms with Gasteiger partial charge in [0.15, 0.2) is 29.7 Å². The summed E-state index contributed by atoms with van der Waals surface area (Å²) in [5.41, 5.74) is 0.990. The number of ether oxygens (including phenoxy) is 3. The molecule has 0 aliphatic rings. The Bertz CT molecular complexity index is 768. The molecule has 0 unspecified atom stereocenters. The molecule has 2 aromatic carbocycles. The number of hydrogen-bond donors (Lipinski definition) is 1. The highest BCUT2D eigenvalue weighted by atomic mass is 19.2. The zero-order chi connectivity index (χ0) is 19.6. The minimum absolute atomic E-state index is 0.0944. The van der Waals surface area contributed by atoms with Crippen molar-refractivity contribution in [3.05, 3.63) is 53.6 Å². The van der Waals surface area contributed by atoms with Crippen molar-refractivity contribution < 1.29 is 27.8 Å². The first kappa shape index (κ1) is 20.5. The molecule has 0 heterocycles. The van der Waals surface area contributed by atoms with Crippen molar-refractivity contribution >= 4 is 5.91 Å². The molecule has 0 saturated heterocycles. The van der Waals surface area contributed by atoms with E-state index in [0.717, 1.165) is 17.7 Å². The van der Waals surface area contributed by atoms with Gasteiger partial charge in [0.2, 0.25) is 0 Å². The fourth-order valence-electron chi connectivity index (χ4n) is 2.36. The average Bonchev–Trinajstić information content (AvgIpc) is 2.65. The molecule has 2 rings (SSSR count). The molecular formula is C20H23F2NO4. The molecule has 1 N–H and O–H groups in total. The number of amides is 1. The molecule has 0 aliphatic heterocycles. The number of halogens is 2. The molecule has 1 amide bonds. The first-order chi connectivity index (χ1) is 13.0. The highest BCUT2D eigenvalue weighted by Gasteiger charge is 2.08. The molecule has 0 aliphatic carbocycles. The van der Waals surface area contributed by atoms with E-state index < -0.39 is 11.6 Å². The van der Waals surface area contributed by atoms with Crippen LogP contribution in [0.2, 0.25) is 0 Å². The zero-order valence-corrected chi connectivity index (χ0v) is 15.4. The molecule has 0 atom stereocenters. The van der Waals surface area contributed by atoms with Crippen molar-refractivity contribution in [2.45, 2.75) is 20.3 Å². The molecular weight excluding hydrogens is 356 g/mol. The van der Waals surface area contributed by atoms with Crippen LogP contribution in [-0.4, -0.2) is 32.3 Å². The van der Waals surface area contributed by atoms with Crippen LogP contribution in [0.3, 0.4) is 0 Å². The standard InChI is InChI=1S/C20H23F2NO4/c1-3-25-18-8-5-14(11-19(18)26-4-2)9-10-23-20(24)13-27-15-6-7-16(21)17(22)12-15/h5-8,11-12H,3-4,9-10,13H2,1-2H3,(H,23,24). The largest absolute Gasteiger partial charge is 0.490 e. The number of carbonyl (C=O) groups is 1. The molecule has 2 aromatic rings. The second-order valence-corrected chi connectivity index (χ2v) is 5.61. The molecule has 0 radical (unpaired) electrons. The van der Waals surface area contributed by atoms with Crippen LogP contribution in [0.5, 0.6) is 17.2 Å². The third-order valence-corrected chi connectivity index (χ3v) is 3.60. The van der Waals surface area contributed by atoms with E-state index in [9.17, 15) is 13.6 Å². The Morgan fingerprint density at radius 3 is 2.37 bits per heavy atom. The van der Waals surface area contributed by atoms with Gasteiger partial charge in [-0.15, -0.1) is 0 Å². The number of benzene rings is 2. The Kier molecular flexibility index (Phi) is 7.85. The minimum atomic E-state index is -1.02. The summed E-state index contributed by atoms with van der Waals surface area (Å²) >= 11 is 0. The van der Waals surface area contributed by atoms with E-state index in [1.54, 1.807) is 0 Å². The van der Waals surface area contributed by atoms with Gasteiger partial charge in [0.25, 0.3) is 5.91 Å². The maximum atomic E-state index is 13.1. The smallest absolute Gasteiger partial charge is 0.257 e. The Labute approximate surface area is 157 Å². The van der Waals surface area contributed by atoms with Crippen LogP contribution in [0.4, 0.5) is 8.78 Å². The Hall–Kier alpha value is -2.83. The fraction of sp³-hybridized carbons (Fsp3) is 0.350. The van der Waals surface area contributed by atoms with Crippen molar-refractivity contribution in [3.63, 3.8) is 0 Å². The highest BCUT2D eigenvalue weighted by Crippen LogP contribution is 2.28. The molecule has 7 heteroatoms. The molecule has 5 nitrogen and oxygen atoms in total. The van der Waals surface area contributed by atoms with Gasteiger partial charge in [-0.05, 0) is 50.1 Å². The van der Waals surface area contributed by atoms with Gasteiger partial charge < -0.3 is 19.5 Å². The Balaban J connectivity index is 1.80. The van der Waals surface area contributed by atoms with Crippen LogP contribution >= 0.6 is 0 Å². The number of rotatable bonds is 10. The number of nitrogens with one attached hydrogen (secondary N) is 1. The summed E-state index contributed by atoms with van der Waals surface area (Å²) in [6, 6.07) is 8.76. The quantitative estimate of drug-likeness (QED) is 0.687. The van der Waals surface area contributed by atoms with E-state index in [4.69, 9.17) is 14.2 Å². The van der Waals surface area contributed by atoms with Crippen LogP contribution in [-0.2, 0) is 11.2 Å². The molecule has 0 spiro atoms. The van der Waals surface area contributed by atoms with Gasteiger partial charge >= 0.3 is 0 Å². The molecule has 0 saturated carbocycles. The number of carbonyl (C=O) groups excluding carboxylic acids is 1. The second-order valence-electron chi connectivity index (χ2n) is 5.61. The normalized spacial score (nSPS) is 10.4. The van der Waals surface area contributed by atoms with Crippen LogP contribution in [0.25, 0.3) is 0 Å². The van der Waals surface area contributed by atoms with Crippen LogP contribution in [0.1, 0.15) is 19.4 Å². The van der Waals surface area contributed by atoms with E-state index in [-0.39, 0.29) is 18.3 Å². The molecule has 0 aromatic heterocycles. The Morgan fingerprint density at radius 2 is 1.67 bits per heavy atom. The van der Waals surface area contributed by atoms with Crippen molar-refractivity contribution in [2.75, 3.05) is 26.4 Å². The van der Waals surface area contributed by atoms with E-state index in [1.165, 1.54) is 6.07 Å². The van der Waals surface area contributed by atoms with Crippen LogP contribution < -0.4 is 19.5 Å². The summed E-state index contributed by atoms with van der Waals surface area (Å²) < 4.78 is 42.2. The van der Waals surface area contributed by atoms with Gasteiger partial charge in [0.05, 0.1) is 13.2 Å². The van der Waals surface area contributed by atoms with E-state index in [2.05, 4.69) is 5.32 Å². The molecule has 27 heavy (non-hydrogen) atoms. The van der Waals surface area contributed by atoms with Crippen molar-refractivity contribution in [1.82, 2.24) is 5.32 Å². The van der Waals surface area contributed by atoms with Gasteiger partial charge in [-0.3, -0.25) is 4.79 Å². The van der Waals surface area contributed by atoms with Crippen molar-refractivity contribution in [1.29, 1.82) is 0 Å². The van der Waals surface area contributed by atoms with Gasteiger partial charge in [-0.2, -0.15) is 0 Å². The summed E-state index contributed by atoms with van der Waals surface area (Å²) in [7, 11) is 0. The molecule has 0 bridgehead atoms.